The molecule has 0 aliphatic carbocycles. The molecule has 7 nitrogen and oxygen atoms in total. The summed E-state index contributed by atoms with van der Waals surface area (Å²) in [5.41, 5.74) is 0.988. The largest absolute Gasteiger partial charge is 0.492 e. The summed E-state index contributed by atoms with van der Waals surface area (Å²) in [6, 6.07) is 7.58. The maximum Gasteiger partial charge on any atom is 0.216 e. The van der Waals surface area contributed by atoms with Gasteiger partial charge >= 0.3 is 0 Å². The van der Waals surface area contributed by atoms with E-state index in [0.717, 1.165) is 10.2 Å². The molecule has 8 heteroatoms. The number of para-hydroxylation sites is 1. The summed E-state index contributed by atoms with van der Waals surface area (Å²) in [6.07, 6.45) is 1.51. The zero-order valence-corrected chi connectivity index (χ0v) is 12.2. The third kappa shape index (κ3) is 3.13. The Kier molecular flexibility index (Phi) is 4.68. The maximum atomic E-state index is 9.09. The predicted octanol–water partition coefficient (Wildman–Crippen LogP) is 2.34. The minimum Gasteiger partial charge on any atom is -0.492 e. The number of nitrogens with zero attached hydrogens (tertiary/aromatic N) is 4. The summed E-state index contributed by atoms with van der Waals surface area (Å²) in [6.45, 7) is 2.45. The Morgan fingerprint density at radius 3 is 3.10 bits per heavy atom. The topological polar surface area (TPSA) is 99.5 Å². The van der Waals surface area contributed by atoms with E-state index in [1.807, 2.05) is 31.2 Å². The normalized spacial score (nSPS) is 10.9. The van der Waals surface area contributed by atoms with Gasteiger partial charge in [0.2, 0.25) is 5.82 Å². The highest BCUT2D eigenvalue weighted by molar-refractivity contribution is 9.10. The number of hydrogen-bond donors (Lipinski definition) is 2. The van der Waals surface area contributed by atoms with Crippen LogP contribution in [0.1, 0.15) is 12.7 Å². The van der Waals surface area contributed by atoms with Gasteiger partial charge in [0.25, 0.3) is 0 Å². The van der Waals surface area contributed by atoms with Crippen molar-refractivity contribution < 1.29 is 4.74 Å². The molecule has 0 atom stereocenters. The first-order valence-corrected chi connectivity index (χ1v) is 6.57. The van der Waals surface area contributed by atoms with Gasteiger partial charge in [0.05, 0.1) is 12.3 Å². The van der Waals surface area contributed by atoms with Gasteiger partial charge in [0.15, 0.2) is 0 Å². The minimum atomic E-state index is 0.227. The second-order valence-electron chi connectivity index (χ2n) is 3.60. The van der Waals surface area contributed by atoms with E-state index in [1.165, 1.54) is 6.20 Å². The van der Waals surface area contributed by atoms with Gasteiger partial charge in [0.1, 0.15) is 17.4 Å². The fourth-order valence-electron chi connectivity index (χ4n) is 1.49. The third-order valence-corrected chi connectivity index (χ3v) is 3.00. The fraction of sp³-hybridized carbons (Fsp3) is 0.167. The van der Waals surface area contributed by atoms with E-state index in [2.05, 4.69) is 41.9 Å². The summed E-state index contributed by atoms with van der Waals surface area (Å²) in [5.74, 6) is 0.911. The summed E-state index contributed by atoms with van der Waals surface area (Å²) < 4.78 is 6.34. The van der Waals surface area contributed by atoms with Crippen molar-refractivity contribution in [2.45, 2.75) is 6.92 Å². The molecule has 0 aliphatic heterocycles. The molecule has 2 aromatic rings. The van der Waals surface area contributed by atoms with Crippen LogP contribution in [0.2, 0.25) is 0 Å². The number of hydrogen-bond acceptors (Lipinski definition) is 6. The number of rotatable bonds is 5. The number of anilines is 1. The van der Waals surface area contributed by atoms with Crippen LogP contribution in [0.4, 0.5) is 5.69 Å². The van der Waals surface area contributed by atoms with Gasteiger partial charge in [-0.05, 0) is 40.2 Å². The van der Waals surface area contributed by atoms with Crippen molar-refractivity contribution in [1.29, 1.82) is 5.26 Å². The molecule has 1 aromatic carbocycles. The lowest BCUT2D eigenvalue weighted by Crippen LogP contribution is -1.99. The number of aromatic amines is 1. The van der Waals surface area contributed by atoms with Crippen molar-refractivity contribution in [1.82, 2.24) is 20.6 Å². The van der Waals surface area contributed by atoms with Crippen LogP contribution in [0.25, 0.3) is 5.57 Å². The summed E-state index contributed by atoms with van der Waals surface area (Å²) in [7, 11) is 0. The van der Waals surface area contributed by atoms with Crippen molar-refractivity contribution in [2.75, 3.05) is 11.9 Å². The van der Waals surface area contributed by atoms with E-state index in [-0.39, 0.29) is 11.4 Å². The second kappa shape index (κ2) is 6.68. The number of halogens is 1. The molecule has 102 valence electrons. The third-order valence-electron chi connectivity index (χ3n) is 2.34. The van der Waals surface area contributed by atoms with E-state index < -0.39 is 0 Å². The average Bonchev–Trinajstić information content (AvgIpc) is 2.96. The average molecular weight is 335 g/mol. The summed E-state index contributed by atoms with van der Waals surface area (Å²) >= 11 is 3.43. The molecule has 20 heavy (non-hydrogen) atoms. The van der Waals surface area contributed by atoms with Crippen LogP contribution < -0.4 is 10.1 Å². The van der Waals surface area contributed by atoms with Crippen molar-refractivity contribution in [3.05, 3.63) is 34.7 Å². The van der Waals surface area contributed by atoms with Gasteiger partial charge in [0, 0.05) is 10.7 Å². The number of H-pyrrole nitrogens is 1. The van der Waals surface area contributed by atoms with Crippen molar-refractivity contribution in [2.24, 2.45) is 0 Å². The number of nitriles is 1. The molecule has 0 radical (unpaired) electrons. The Bertz CT molecular complexity index is 646. The van der Waals surface area contributed by atoms with Crippen LogP contribution in [0.5, 0.6) is 5.75 Å². The van der Waals surface area contributed by atoms with Crippen LogP contribution in [0, 0.1) is 11.3 Å². The first-order chi connectivity index (χ1) is 9.76. The monoisotopic (exact) mass is 334 g/mol. The Morgan fingerprint density at radius 1 is 1.60 bits per heavy atom. The van der Waals surface area contributed by atoms with E-state index >= 15 is 0 Å². The standard InChI is InChI=1S/C12H11BrN6O/c1-2-20-10-5-3-4-9(13)11(10)15-7-8(6-14)12-16-18-19-17-12/h3-5,7,15H,2H2,1H3,(H,16,17,18,19). The molecule has 1 heterocycles. The number of benzene rings is 1. The van der Waals surface area contributed by atoms with Gasteiger partial charge in [-0.25, -0.2) is 0 Å². The first kappa shape index (κ1) is 14.0. The maximum absolute atomic E-state index is 9.09. The second-order valence-corrected chi connectivity index (χ2v) is 4.45. The lowest BCUT2D eigenvalue weighted by Gasteiger charge is -2.11. The van der Waals surface area contributed by atoms with E-state index in [0.29, 0.717) is 12.4 Å². The quantitative estimate of drug-likeness (QED) is 0.814. The summed E-state index contributed by atoms with van der Waals surface area (Å²) in [4.78, 5) is 0. The molecule has 0 aliphatic rings. The van der Waals surface area contributed by atoms with Crippen molar-refractivity contribution in [3.63, 3.8) is 0 Å². The molecule has 0 bridgehead atoms. The van der Waals surface area contributed by atoms with Crippen molar-refractivity contribution in [3.8, 4) is 11.8 Å². The number of ether oxygens (including phenoxy) is 1. The zero-order chi connectivity index (χ0) is 14.4. The highest BCUT2D eigenvalue weighted by Crippen LogP contribution is 2.32. The molecule has 0 saturated heterocycles. The summed E-state index contributed by atoms with van der Waals surface area (Å²) in [5, 5.41) is 25.4. The van der Waals surface area contributed by atoms with Crippen molar-refractivity contribution >= 4 is 27.2 Å². The molecule has 2 N–H and O–H groups in total. The highest BCUT2D eigenvalue weighted by Gasteiger charge is 2.09. The zero-order valence-electron chi connectivity index (χ0n) is 10.6. The van der Waals surface area contributed by atoms with Crippen LogP contribution in [-0.2, 0) is 0 Å². The van der Waals surface area contributed by atoms with Gasteiger partial charge in [-0.1, -0.05) is 6.07 Å². The SMILES string of the molecule is CCOc1cccc(Br)c1NC=C(C#N)c1nn[nH]n1. The molecular formula is C12H11BrN6O. The first-order valence-electron chi connectivity index (χ1n) is 5.78. The van der Waals surface area contributed by atoms with Gasteiger partial charge in [-0.2, -0.15) is 10.5 Å². The molecule has 0 amide bonds. The lowest BCUT2D eigenvalue weighted by atomic mass is 10.2. The predicted molar refractivity (Wildman–Crippen MR) is 76.7 cm³/mol. The molecule has 0 unspecified atom stereocenters. The highest BCUT2D eigenvalue weighted by atomic mass is 79.9. The van der Waals surface area contributed by atoms with Crippen LogP contribution in [-0.4, -0.2) is 27.2 Å². The molecular weight excluding hydrogens is 324 g/mol. The Balaban J connectivity index is 2.28. The van der Waals surface area contributed by atoms with E-state index in [9.17, 15) is 0 Å². The molecule has 1 aromatic heterocycles. The van der Waals surface area contributed by atoms with Gasteiger partial charge in [-0.3, -0.25) is 0 Å². The van der Waals surface area contributed by atoms with Gasteiger partial charge in [-0.15, -0.1) is 10.2 Å². The number of allylic oxidation sites excluding steroid dienone is 1. The Labute approximate surface area is 123 Å². The molecule has 0 saturated carbocycles. The van der Waals surface area contributed by atoms with Crippen LogP contribution >= 0.6 is 15.9 Å². The smallest absolute Gasteiger partial charge is 0.216 e. The molecule has 0 spiro atoms. The van der Waals surface area contributed by atoms with E-state index in [4.69, 9.17) is 10.00 Å². The minimum absolute atomic E-state index is 0.227. The molecule has 0 fully saturated rings. The van der Waals surface area contributed by atoms with Crippen LogP contribution in [0.15, 0.2) is 28.9 Å². The number of nitrogens with one attached hydrogen (secondary N) is 2. The lowest BCUT2D eigenvalue weighted by molar-refractivity contribution is 0.342. The fourth-order valence-corrected chi connectivity index (χ4v) is 1.95. The Hall–Kier alpha value is -2.40. The van der Waals surface area contributed by atoms with E-state index in [1.54, 1.807) is 0 Å². The van der Waals surface area contributed by atoms with Gasteiger partial charge < -0.3 is 10.1 Å². The number of aromatic nitrogens is 4. The van der Waals surface area contributed by atoms with Crippen LogP contribution in [0.3, 0.4) is 0 Å². The number of tetrazole rings is 1. The Morgan fingerprint density at radius 2 is 2.45 bits per heavy atom. The molecule has 2 rings (SSSR count).